The van der Waals surface area contributed by atoms with Crippen LogP contribution in [0, 0.1) is 11.8 Å². The van der Waals surface area contributed by atoms with Gasteiger partial charge in [0.15, 0.2) is 0 Å². The van der Waals surface area contributed by atoms with E-state index in [0.717, 1.165) is 12.5 Å². The minimum atomic E-state index is -0.469. The van der Waals surface area contributed by atoms with Gasteiger partial charge in [0.05, 0.1) is 6.61 Å². The number of ether oxygens (including phenoxy) is 2. The van der Waals surface area contributed by atoms with Crippen molar-refractivity contribution in [1.29, 1.82) is 0 Å². The number of hydrogen-bond donors (Lipinski definition) is 1. The Hall–Kier alpha value is -0.810. The summed E-state index contributed by atoms with van der Waals surface area (Å²) in [7, 11) is 1.65. The van der Waals surface area contributed by atoms with E-state index in [1.165, 1.54) is 19.3 Å². The molecule has 1 aliphatic carbocycles. The van der Waals surface area contributed by atoms with Crippen LogP contribution in [0.2, 0.25) is 0 Å². The molecule has 0 spiro atoms. The fourth-order valence-electron chi connectivity index (χ4n) is 3.08. The van der Waals surface area contributed by atoms with Crippen LogP contribution in [-0.4, -0.2) is 56.0 Å². The van der Waals surface area contributed by atoms with Crippen LogP contribution >= 0.6 is 0 Å². The first-order chi connectivity index (χ1) is 10.7. The monoisotopic (exact) mass is 328 g/mol. The summed E-state index contributed by atoms with van der Waals surface area (Å²) >= 11 is 0. The molecule has 5 nitrogen and oxygen atoms in total. The molecule has 1 rings (SSSR count). The van der Waals surface area contributed by atoms with Gasteiger partial charge < -0.3 is 19.7 Å². The molecule has 0 heterocycles. The SMILES string of the molecule is COCCN(CCNC1CCCC(C)C1C)C(=O)OC(C)(C)C. The van der Waals surface area contributed by atoms with Crippen LogP contribution in [0.1, 0.15) is 53.9 Å². The van der Waals surface area contributed by atoms with Crippen LogP contribution < -0.4 is 5.32 Å². The van der Waals surface area contributed by atoms with Gasteiger partial charge >= 0.3 is 6.09 Å². The summed E-state index contributed by atoms with van der Waals surface area (Å²) in [5, 5.41) is 3.64. The molecule has 0 bridgehead atoms. The van der Waals surface area contributed by atoms with Crippen molar-refractivity contribution in [3.05, 3.63) is 0 Å². The molecule has 0 aliphatic heterocycles. The third-order valence-corrected chi connectivity index (χ3v) is 4.71. The minimum Gasteiger partial charge on any atom is -0.444 e. The Morgan fingerprint density at radius 1 is 1.22 bits per heavy atom. The summed E-state index contributed by atoms with van der Waals surface area (Å²) < 4.78 is 10.6. The molecule has 3 atom stereocenters. The first-order valence-corrected chi connectivity index (χ1v) is 8.95. The van der Waals surface area contributed by atoms with Gasteiger partial charge in [-0.25, -0.2) is 4.79 Å². The van der Waals surface area contributed by atoms with Gasteiger partial charge in [0.25, 0.3) is 0 Å². The Bertz CT molecular complexity index is 355. The average molecular weight is 328 g/mol. The van der Waals surface area contributed by atoms with Gasteiger partial charge in [-0.1, -0.05) is 26.7 Å². The molecule has 0 aromatic heterocycles. The lowest BCUT2D eigenvalue weighted by Crippen LogP contribution is -2.46. The second-order valence-electron chi connectivity index (χ2n) is 7.79. The molecule has 1 saturated carbocycles. The number of rotatable bonds is 7. The van der Waals surface area contributed by atoms with Crippen LogP contribution in [-0.2, 0) is 9.47 Å². The van der Waals surface area contributed by atoms with Crippen LogP contribution in [0.15, 0.2) is 0 Å². The summed E-state index contributed by atoms with van der Waals surface area (Å²) in [5.74, 6) is 1.47. The molecule has 5 heteroatoms. The first-order valence-electron chi connectivity index (χ1n) is 8.95. The Morgan fingerprint density at radius 2 is 1.91 bits per heavy atom. The summed E-state index contributed by atoms with van der Waals surface area (Å²) in [4.78, 5) is 14.0. The van der Waals surface area contributed by atoms with Crippen molar-refractivity contribution >= 4 is 6.09 Å². The van der Waals surface area contributed by atoms with E-state index in [-0.39, 0.29) is 6.09 Å². The fourth-order valence-corrected chi connectivity index (χ4v) is 3.08. The van der Waals surface area contributed by atoms with E-state index >= 15 is 0 Å². The van der Waals surface area contributed by atoms with Gasteiger partial charge in [0.1, 0.15) is 5.60 Å². The zero-order valence-electron chi connectivity index (χ0n) is 15.9. The number of amides is 1. The molecule has 136 valence electrons. The van der Waals surface area contributed by atoms with Crippen molar-refractivity contribution in [1.82, 2.24) is 10.2 Å². The molecule has 23 heavy (non-hydrogen) atoms. The van der Waals surface area contributed by atoms with Gasteiger partial charge in [0.2, 0.25) is 0 Å². The molecule has 0 aromatic carbocycles. The highest BCUT2D eigenvalue weighted by molar-refractivity contribution is 5.68. The molecule has 0 saturated heterocycles. The maximum atomic E-state index is 12.3. The number of hydrogen-bond acceptors (Lipinski definition) is 4. The molecule has 1 N–H and O–H groups in total. The lowest BCUT2D eigenvalue weighted by molar-refractivity contribution is 0.0200. The standard InChI is InChI=1S/C18H36N2O3/c1-14-8-7-9-16(15(14)2)19-10-11-20(12-13-22-6)17(21)23-18(3,4)5/h14-16,19H,7-13H2,1-6H3. The maximum Gasteiger partial charge on any atom is 0.410 e. The van der Waals surface area contributed by atoms with Crippen molar-refractivity contribution in [2.45, 2.75) is 65.5 Å². The molecule has 3 unspecified atom stereocenters. The number of carbonyl (C=O) groups is 1. The second kappa shape index (κ2) is 9.48. The zero-order chi connectivity index (χ0) is 17.5. The Kier molecular flexibility index (Phi) is 8.34. The van der Waals surface area contributed by atoms with Gasteiger partial charge in [-0.2, -0.15) is 0 Å². The van der Waals surface area contributed by atoms with Crippen molar-refractivity contribution in [2.24, 2.45) is 11.8 Å². The highest BCUT2D eigenvalue weighted by atomic mass is 16.6. The van der Waals surface area contributed by atoms with Crippen molar-refractivity contribution in [2.75, 3.05) is 33.4 Å². The lowest BCUT2D eigenvalue weighted by atomic mass is 9.78. The Morgan fingerprint density at radius 3 is 2.52 bits per heavy atom. The molecule has 1 aliphatic rings. The van der Waals surface area contributed by atoms with E-state index in [9.17, 15) is 4.79 Å². The van der Waals surface area contributed by atoms with Crippen LogP contribution in [0.25, 0.3) is 0 Å². The third-order valence-electron chi connectivity index (χ3n) is 4.71. The highest BCUT2D eigenvalue weighted by Gasteiger charge is 2.27. The summed E-state index contributed by atoms with van der Waals surface area (Å²) in [5.41, 5.74) is -0.469. The van der Waals surface area contributed by atoms with Gasteiger partial charge in [-0.05, 0) is 39.0 Å². The molecule has 1 amide bonds. The van der Waals surface area contributed by atoms with Crippen LogP contribution in [0.5, 0.6) is 0 Å². The van der Waals surface area contributed by atoms with Gasteiger partial charge in [0, 0.05) is 32.8 Å². The smallest absolute Gasteiger partial charge is 0.410 e. The predicted octanol–water partition coefficient (Wildman–Crippen LogP) is 3.28. The van der Waals surface area contributed by atoms with Crippen LogP contribution in [0.4, 0.5) is 4.79 Å². The molecular formula is C18H36N2O3. The first kappa shape index (κ1) is 20.2. The van der Waals surface area contributed by atoms with Crippen molar-refractivity contribution < 1.29 is 14.3 Å². The van der Waals surface area contributed by atoms with E-state index < -0.39 is 5.60 Å². The Labute approximate surface area is 142 Å². The third kappa shape index (κ3) is 7.53. The summed E-state index contributed by atoms with van der Waals surface area (Å²) in [6.45, 7) is 12.9. The van der Waals surface area contributed by atoms with E-state index in [4.69, 9.17) is 9.47 Å². The quantitative estimate of drug-likeness (QED) is 0.779. The van der Waals surface area contributed by atoms with Crippen molar-refractivity contribution in [3.63, 3.8) is 0 Å². The number of carbonyl (C=O) groups excluding carboxylic acids is 1. The average Bonchev–Trinajstić information content (AvgIpc) is 2.45. The number of methoxy groups -OCH3 is 1. The minimum absolute atomic E-state index is 0.263. The van der Waals surface area contributed by atoms with Gasteiger partial charge in [-0.15, -0.1) is 0 Å². The molecule has 1 fully saturated rings. The topological polar surface area (TPSA) is 50.8 Å². The second-order valence-corrected chi connectivity index (χ2v) is 7.79. The van der Waals surface area contributed by atoms with E-state index in [1.807, 2.05) is 20.8 Å². The Balaban J connectivity index is 2.45. The largest absolute Gasteiger partial charge is 0.444 e. The van der Waals surface area contributed by atoms with Crippen molar-refractivity contribution in [3.8, 4) is 0 Å². The zero-order valence-corrected chi connectivity index (χ0v) is 15.9. The number of nitrogens with zero attached hydrogens (tertiary/aromatic N) is 1. The predicted molar refractivity (Wildman–Crippen MR) is 93.7 cm³/mol. The lowest BCUT2D eigenvalue weighted by Gasteiger charge is -2.35. The van der Waals surface area contributed by atoms with Gasteiger partial charge in [-0.3, -0.25) is 0 Å². The molecular weight excluding hydrogens is 292 g/mol. The van der Waals surface area contributed by atoms with E-state index in [0.29, 0.717) is 31.7 Å². The van der Waals surface area contributed by atoms with Crippen LogP contribution in [0.3, 0.4) is 0 Å². The van der Waals surface area contributed by atoms with E-state index in [2.05, 4.69) is 19.2 Å². The molecule has 0 radical (unpaired) electrons. The van der Waals surface area contributed by atoms with E-state index in [1.54, 1.807) is 12.0 Å². The summed E-state index contributed by atoms with van der Waals surface area (Å²) in [6, 6.07) is 0.557. The molecule has 0 aromatic rings. The fraction of sp³-hybridized carbons (Fsp3) is 0.944. The highest BCUT2D eigenvalue weighted by Crippen LogP contribution is 2.29. The summed E-state index contributed by atoms with van der Waals surface area (Å²) in [6.07, 6.45) is 3.59. The normalized spacial score (nSPS) is 25.2. The number of nitrogens with one attached hydrogen (secondary N) is 1. The maximum absolute atomic E-state index is 12.3.